The maximum Gasteiger partial charge on any atom is 0.0478 e. The molecule has 1 aromatic carbocycles. The highest BCUT2D eigenvalue weighted by Gasteiger charge is 2.27. The quantitative estimate of drug-likeness (QED) is 0.817. The van der Waals surface area contributed by atoms with E-state index in [2.05, 4.69) is 35.3 Å². The van der Waals surface area contributed by atoms with Crippen LogP contribution in [0.4, 0.5) is 0 Å². The number of nitrogens with zero attached hydrogens (tertiary/aromatic N) is 1. The molecule has 1 saturated heterocycles. The molecule has 3 rings (SSSR count). The first kappa shape index (κ1) is 12.2. The van der Waals surface area contributed by atoms with Crippen molar-refractivity contribution in [1.29, 1.82) is 0 Å². The molecule has 0 spiro atoms. The molecule has 0 radical (unpaired) electrons. The summed E-state index contributed by atoms with van der Waals surface area (Å²) >= 11 is 0. The van der Waals surface area contributed by atoms with Crippen LogP contribution in [0.25, 0.3) is 0 Å². The molecule has 0 unspecified atom stereocenters. The van der Waals surface area contributed by atoms with Crippen LogP contribution < -0.4 is 5.32 Å². The van der Waals surface area contributed by atoms with E-state index in [4.69, 9.17) is 0 Å². The lowest BCUT2D eigenvalue weighted by atomic mass is 9.91. The highest BCUT2D eigenvalue weighted by Crippen LogP contribution is 2.31. The zero-order chi connectivity index (χ0) is 12.4. The Bertz CT molecular complexity index is 406. The van der Waals surface area contributed by atoms with Crippen LogP contribution in [0.3, 0.4) is 0 Å². The number of rotatable bonds is 1. The van der Waals surface area contributed by atoms with Crippen LogP contribution in [0.1, 0.15) is 48.4 Å². The molecule has 2 aliphatic heterocycles. The molecule has 1 N–H and O–H groups in total. The molecule has 2 nitrogen and oxygen atoms in total. The van der Waals surface area contributed by atoms with Crippen LogP contribution in [0, 0.1) is 6.92 Å². The van der Waals surface area contributed by atoms with Gasteiger partial charge in [-0.1, -0.05) is 31.0 Å². The monoisotopic (exact) mass is 244 g/mol. The predicted octanol–water partition coefficient (Wildman–Crippen LogP) is 3.02. The third-order valence-electron chi connectivity index (χ3n) is 4.48. The molecule has 0 aromatic heterocycles. The van der Waals surface area contributed by atoms with E-state index in [0.29, 0.717) is 6.04 Å². The summed E-state index contributed by atoms with van der Waals surface area (Å²) in [6.45, 7) is 6.99. The Labute approximate surface area is 110 Å². The first-order valence-corrected chi connectivity index (χ1v) is 7.39. The van der Waals surface area contributed by atoms with E-state index < -0.39 is 0 Å². The number of benzene rings is 1. The first-order chi connectivity index (χ1) is 8.86. The number of hydrogen-bond acceptors (Lipinski definition) is 2. The van der Waals surface area contributed by atoms with Gasteiger partial charge in [-0.3, -0.25) is 4.90 Å². The molecule has 0 saturated carbocycles. The number of fused-ring (bicyclic) bond motifs is 1. The van der Waals surface area contributed by atoms with Crippen LogP contribution in [0.15, 0.2) is 18.2 Å². The van der Waals surface area contributed by atoms with Crippen LogP contribution in [-0.2, 0) is 6.54 Å². The Morgan fingerprint density at radius 3 is 2.67 bits per heavy atom. The highest BCUT2D eigenvalue weighted by atomic mass is 15.2. The first-order valence-electron chi connectivity index (χ1n) is 7.39. The molecule has 18 heavy (non-hydrogen) atoms. The molecular formula is C16H24N2. The van der Waals surface area contributed by atoms with Crippen LogP contribution in [0.2, 0.25) is 0 Å². The molecule has 1 aromatic rings. The van der Waals surface area contributed by atoms with Crippen molar-refractivity contribution < 1.29 is 0 Å². The molecule has 2 heterocycles. The van der Waals surface area contributed by atoms with Gasteiger partial charge in [0.1, 0.15) is 0 Å². The molecule has 2 aliphatic rings. The number of nitrogens with one attached hydrogen (secondary N) is 1. The van der Waals surface area contributed by atoms with Gasteiger partial charge in [-0.15, -0.1) is 0 Å². The van der Waals surface area contributed by atoms with Crippen LogP contribution >= 0.6 is 0 Å². The fraction of sp³-hybridized carbons (Fsp3) is 0.625. The second kappa shape index (κ2) is 5.41. The summed E-state index contributed by atoms with van der Waals surface area (Å²) in [5, 5.41) is 3.59. The largest absolute Gasteiger partial charge is 0.311 e. The second-order valence-electron chi connectivity index (χ2n) is 5.74. The van der Waals surface area contributed by atoms with E-state index in [-0.39, 0.29) is 0 Å². The SMILES string of the molecule is Cc1cccc2c1[C@@H](N1CCCCCC1)CNC2. The molecule has 0 amide bonds. The molecule has 98 valence electrons. The summed E-state index contributed by atoms with van der Waals surface area (Å²) in [5.74, 6) is 0. The van der Waals surface area contributed by atoms with E-state index >= 15 is 0 Å². The Balaban J connectivity index is 1.90. The minimum absolute atomic E-state index is 0.605. The molecule has 0 bridgehead atoms. The van der Waals surface area contributed by atoms with Crippen molar-refractivity contribution in [1.82, 2.24) is 10.2 Å². The molecule has 0 aliphatic carbocycles. The van der Waals surface area contributed by atoms with Gasteiger partial charge in [-0.25, -0.2) is 0 Å². The van der Waals surface area contributed by atoms with Crippen molar-refractivity contribution in [2.24, 2.45) is 0 Å². The molecule has 2 heteroatoms. The summed E-state index contributed by atoms with van der Waals surface area (Å²) in [7, 11) is 0. The van der Waals surface area contributed by atoms with E-state index in [0.717, 1.165) is 13.1 Å². The molecular weight excluding hydrogens is 220 g/mol. The van der Waals surface area contributed by atoms with E-state index in [1.54, 1.807) is 5.56 Å². The van der Waals surface area contributed by atoms with Gasteiger partial charge in [0.2, 0.25) is 0 Å². The van der Waals surface area contributed by atoms with Crippen molar-refractivity contribution >= 4 is 0 Å². The van der Waals surface area contributed by atoms with Gasteiger partial charge >= 0.3 is 0 Å². The normalized spacial score (nSPS) is 25.5. The van der Waals surface area contributed by atoms with Gasteiger partial charge in [-0.2, -0.15) is 0 Å². The van der Waals surface area contributed by atoms with Crippen LogP contribution in [0.5, 0.6) is 0 Å². The minimum Gasteiger partial charge on any atom is -0.311 e. The number of likely N-dealkylation sites (tertiary alicyclic amines) is 1. The van der Waals surface area contributed by atoms with E-state index in [9.17, 15) is 0 Å². The zero-order valence-corrected chi connectivity index (χ0v) is 11.4. The number of hydrogen-bond donors (Lipinski definition) is 1. The van der Waals surface area contributed by atoms with Crippen molar-refractivity contribution in [3.63, 3.8) is 0 Å². The van der Waals surface area contributed by atoms with Gasteiger partial charge in [-0.05, 0) is 49.5 Å². The Morgan fingerprint density at radius 1 is 1.11 bits per heavy atom. The third kappa shape index (κ3) is 2.32. The van der Waals surface area contributed by atoms with Gasteiger partial charge in [0.25, 0.3) is 0 Å². The maximum absolute atomic E-state index is 3.59. The summed E-state index contributed by atoms with van der Waals surface area (Å²) in [5.41, 5.74) is 4.59. The average molecular weight is 244 g/mol. The average Bonchev–Trinajstić information content (AvgIpc) is 2.67. The molecule has 1 fully saturated rings. The standard InChI is InChI=1S/C16H24N2/c1-13-7-6-8-14-11-17-12-15(16(13)14)18-9-4-2-3-5-10-18/h6-8,15,17H,2-5,9-12H2,1H3/t15-/m0/s1. The van der Waals surface area contributed by atoms with Gasteiger partial charge in [0.05, 0.1) is 0 Å². The fourth-order valence-corrected chi connectivity index (χ4v) is 3.54. The lowest BCUT2D eigenvalue weighted by Gasteiger charge is -2.36. The van der Waals surface area contributed by atoms with Gasteiger partial charge in [0, 0.05) is 19.1 Å². The molecule has 1 atom stereocenters. The predicted molar refractivity (Wildman–Crippen MR) is 75.7 cm³/mol. The number of aryl methyl sites for hydroxylation is 1. The Hall–Kier alpha value is -0.860. The lowest BCUT2D eigenvalue weighted by Crippen LogP contribution is -2.40. The van der Waals surface area contributed by atoms with Gasteiger partial charge < -0.3 is 5.32 Å². The fourth-order valence-electron chi connectivity index (χ4n) is 3.54. The van der Waals surface area contributed by atoms with E-state index in [1.165, 1.54) is 49.9 Å². The summed E-state index contributed by atoms with van der Waals surface area (Å²) in [6.07, 6.45) is 5.57. The summed E-state index contributed by atoms with van der Waals surface area (Å²) in [4.78, 5) is 2.71. The summed E-state index contributed by atoms with van der Waals surface area (Å²) < 4.78 is 0. The second-order valence-corrected chi connectivity index (χ2v) is 5.74. The topological polar surface area (TPSA) is 15.3 Å². The zero-order valence-electron chi connectivity index (χ0n) is 11.4. The van der Waals surface area contributed by atoms with E-state index in [1.807, 2.05) is 0 Å². The van der Waals surface area contributed by atoms with Gasteiger partial charge in [0.15, 0.2) is 0 Å². The smallest absolute Gasteiger partial charge is 0.0478 e. The van der Waals surface area contributed by atoms with Crippen molar-refractivity contribution in [2.75, 3.05) is 19.6 Å². The maximum atomic E-state index is 3.59. The van der Waals surface area contributed by atoms with Crippen LogP contribution in [-0.4, -0.2) is 24.5 Å². The Kier molecular flexibility index (Phi) is 3.67. The van der Waals surface area contributed by atoms with Crippen molar-refractivity contribution in [3.8, 4) is 0 Å². The summed E-state index contributed by atoms with van der Waals surface area (Å²) in [6, 6.07) is 7.36. The van der Waals surface area contributed by atoms with Crippen molar-refractivity contribution in [3.05, 3.63) is 34.9 Å². The lowest BCUT2D eigenvalue weighted by molar-refractivity contribution is 0.191. The van der Waals surface area contributed by atoms with Crippen molar-refractivity contribution in [2.45, 2.75) is 45.2 Å². The highest BCUT2D eigenvalue weighted by molar-refractivity contribution is 5.38. The third-order valence-corrected chi connectivity index (χ3v) is 4.48. The minimum atomic E-state index is 0.605. The Morgan fingerprint density at radius 2 is 1.89 bits per heavy atom.